The lowest BCUT2D eigenvalue weighted by molar-refractivity contribution is 0.294. The first-order valence-corrected chi connectivity index (χ1v) is 11.7. The average molecular weight is 402 g/mol. The number of ether oxygens (including phenoxy) is 1. The van der Waals surface area contributed by atoms with Crippen LogP contribution in [-0.4, -0.2) is 26.8 Å². The molecule has 0 fully saturated rings. The summed E-state index contributed by atoms with van der Waals surface area (Å²) in [7, 11) is -1.81. The highest BCUT2D eigenvalue weighted by Crippen LogP contribution is 2.40. The molecule has 2 aromatic rings. The first kappa shape index (κ1) is 20.9. The number of benzene rings is 2. The van der Waals surface area contributed by atoms with Crippen LogP contribution in [0.2, 0.25) is 0 Å². The largest absolute Gasteiger partial charge is 0.496 e. The van der Waals surface area contributed by atoms with Crippen LogP contribution in [0, 0.1) is 6.92 Å². The number of sulfone groups is 1. The molecule has 152 valence electrons. The second-order valence-corrected chi connectivity index (χ2v) is 9.80. The molecule has 0 aromatic heterocycles. The zero-order valence-corrected chi connectivity index (χ0v) is 18.1. The van der Waals surface area contributed by atoms with Crippen molar-refractivity contribution < 1.29 is 13.2 Å². The van der Waals surface area contributed by atoms with Crippen molar-refractivity contribution >= 4 is 9.84 Å². The number of hydrogen-bond donors (Lipinski definition) is 1. The number of hydrogen-bond acceptors (Lipinski definition) is 4. The molecule has 0 radical (unpaired) electrons. The minimum absolute atomic E-state index is 0.124. The minimum Gasteiger partial charge on any atom is -0.496 e. The van der Waals surface area contributed by atoms with Gasteiger partial charge in [0.05, 0.1) is 23.8 Å². The van der Waals surface area contributed by atoms with Gasteiger partial charge in [-0.1, -0.05) is 57.0 Å². The van der Waals surface area contributed by atoms with Crippen LogP contribution in [0.15, 0.2) is 47.4 Å². The van der Waals surface area contributed by atoms with Gasteiger partial charge >= 0.3 is 0 Å². The second kappa shape index (κ2) is 8.26. The number of fused-ring (bicyclic) bond motifs is 1. The Hall–Kier alpha value is -1.85. The lowest BCUT2D eigenvalue weighted by Gasteiger charge is -2.36. The first-order valence-electron chi connectivity index (χ1n) is 10.1. The van der Waals surface area contributed by atoms with Crippen molar-refractivity contribution in [3.63, 3.8) is 0 Å². The Morgan fingerprint density at radius 2 is 1.89 bits per heavy atom. The van der Waals surface area contributed by atoms with Gasteiger partial charge in [0.1, 0.15) is 5.75 Å². The van der Waals surface area contributed by atoms with Crippen LogP contribution in [0.1, 0.15) is 62.3 Å². The van der Waals surface area contributed by atoms with Gasteiger partial charge in [-0.15, -0.1) is 0 Å². The molecule has 1 heterocycles. The molecule has 0 saturated heterocycles. The van der Waals surface area contributed by atoms with E-state index in [0.29, 0.717) is 10.6 Å². The molecule has 1 aliphatic heterocycles. The lowest BCUT2D eigenvalue weighted by atomic mass is 9.88. The van der Waals surface area contributed by atoms with Crippen molar-refractivity contribution in [3.8, 4) is 5.75 Å². The Morgan fingerprint density at radius 3 is 2.50 bits per heavy atom. The maximum absolute atomic E-state index is 13.5. The van der Waals surface area contributed by atoms with Gasteiger partial charge in [0.2, 0.25) is 0 Å². The Labute approximate surface area is 169 Å². The third-order valence-corrected chi connectivity index (χ3v) is 7.87. The Morgan fingerprint density at radius 1 is 1.18 bits per heavy atom. The highest BCUT2D eigenvalue weighted by molar-refractivity contribution is 7.91. The summed E-state index contributed by atoms with van der Waals surface area (Å²) in [6.45, 7) is 6.13. The SMILES string of the molecule is CCCCC1(CC)CS(=O)(=O)c2cc(C)c(OC)cc2[C@@H](c2ccccc2)N1. The van der Waals surface area contributed by atoms with Crippen molar-refractivity contribution in [1.29, 1.82) is 0 Å². The highest BCUT2D eigenvalue weighted by Gasteiger charge is 2.42. The van der Waals surface area contributed by atoms with Crippen LogP contribution in [0.25, 0.3) is 0 Å². The van der Waals surface area contributed by atoms with Gasteiger partial charge in [-0.25, -0.2) is 8.42 Å². The smallest absolute Gasteiger partial charge is 0.180 e. The molecular formula is C23H31NO3S. The van der Waals surface area contributed by atoms with E-state index < -0.39 is 15.4 Å². The maximum atomic E-state index is 13.5. The van der Waals surface area contributed by atoms with Crippen LogP contribution in [0.5, 0.6) is 5.75 Å². The van der Waals surface area contributed by atoms with Gasteiger partial charge in [0.15, 0.2) is 9.84 Å². The van der Waals surface area contributed by atoms with Crippen LogP contribution >= 0.6 is 0 Å². The Balaban J connectivity index is 2.25. The minimum atomic E-state index is -3.44. The first-order chi connectivity index (χ1) is 13.4. The molecular weight excluding hydrogens is 370 g/mol. The summed E-state index contributed by atoms with van der Waals surface area (Å²) in [5.74, 6) is 0.841. The van der Waals surface area contributed by atoms with Gasteiger partial charge in [0, 0.05) is 5.54 Å². The summed E-state index contributed by atoms with van der Waals surface area (Å²) in [4.78, 5) is 0.430. The van der Waals surface area contributed by atoms with Crippen molar-refractivity contribution in [1.82, 2.24) is 5.32 Å². The van der Waals surface area contributed by atoms with Crippen LogP contribution in [0.3, 0.4) is 0 Å². The fourth-order valence-electron chi connectivity index (χ4n) is 4.21. The van der Waals surface area contributed by atoms with Gasteiger partial charge in [0.25, 0.3) is 0 Å². The summed E-state index contributed by atoms with van der Waals surface area (Å²) >= 11 is 0. The van der Waals surface area contributed by atoms with E-state index in [9.17, 15) is 8.42 Å². The van der Waals surface area contributed by atoms with Crippen molar-refractivity contribution in [2.45, 2.75) is 62.9 Å². The number of methoxy groups -OCH3 is 1. The third-order valence-electron chi connectivity index (χ3n) is 5.91. The van der Waals surface area contributed by atoms with Crippen LogP contribution in [0.4, 0.5) is 0 Å². The molecule has 1 N–H and O–H groups in total. The molecule has 4 nitrogen and oxygen atoms in total. The summed E-state index contributed by atoms with van der Waals surface area (Å²) in [5.41, 5.74) is 2.24. The molecule has 0 saturated carbocycles. The Kier molecular flexibility index (Phi) is 6.15. The van der Waals surface area contributed by atoms with Crippen LogP contribution < -0.4 is 10.1 Å². The molecule has 2 aromatic carbocycles. The average Bonchev–Trinajstić information content (AvgIpc) is 2.79. The van der Waals surface area contributed by atoms with Crippen molar-refractivity contribution in [2.24, 2.45) is 0 Å². The quantitative estimate of drug-likeness (QED) is 0.755. The van der Waals surface area contributed by atoms with E-state index in [-0.39, 0.29) is 11.8 Å². The van der Waals surface area contributed by atoms with E-state index in [1.165, 1.54) is 0 Å². The summed E-state index contributed by atoms with van der Waals surface area (Å²) < 4.78 is 32.5. The van der Waals surface area contributed by atoms with E-state index in [2.05, 4.69) is 31.3 Å². The normalized spacial score (nSPS) is 23.6. The molecule has 2 atom stereocenters. The topological polar surface area (TPSA) is 55.4 Å². The van der Waals surface area contributed by atoms with E-state index in [4.69, 9.17) is 4.74 Å². The lowest BCUT2D eigenvalue weighted by Crippen LogP contribution is -2.50. The molecule has 0 amide bonds. The van der Waals surface area contributed by atoms with E-state index >= 15 is 0 Å². The van der Waals surface area contributed by atoms with E-state index in [1.54, 1.807) is 13.2 Å². The van der Waals surface area contributed by atoms with E-state index in [1.807, 2.05) is 31.2 Å². The third kappa shape index (κ3) is 3.96. The summed E-state index contributed by atoms with van der Waals surface area (Å²) in [6, 6.07) is 13.6. The number of rotatable bonds is 6. The second-order valence-electron chi connectivity index (χ2n) is 7.84. The predicted molar refractivity (Wildman–Crippen MR) is 114 cm³/mol. The Bertz CT molecular complexity index is 924. The maximum Gasteiger partial charge on any atom is 0.180 e. The molecule has 1 aliphatic rings. The van der Waals surface area contributed by atoms with E-state index in [0.717, 1.165) is 42.4 Å². The zero-order valence-electron chi connectivity index (χ0n) is 17.3. The van der Waals surface area contributed by atoms with Gasteiger partial charge in [-0.2, -0.15) is 0 Å². The number of unbranched alkanes of at least 4 members (excludes halogenated alkanes) is 1. The molecule has 0 spiro atoms. The molecule has 0 bridgehead atoms. The predicted octanol–water partition coefficient (Wildman–Crippen LogP) is 4.81. The van der Waals surface area contributed by atoms with Gasteiger partial charge in [-0.05, 0) is 48.6 Å². The molecule has 3 rings (SSSR count). The number of nitrogens with one attached hydrogen (secondary N) is 1. The van der Waals surface area contributed by atoms with Gasteiger partial charge in [-0.3, -0.25) is 5.32 Å². The van der Waals surface area contributed by atoms with Gasteiger partial charge < -0.3 is 4.74 Å². The highest BCUT2D eigenvalue weighted by atomic mass is 32.2. The fourth-order valence-corrected chi connectivity index (χ4v) is 6.42. The monoisotopic (exact) mass is 401 g/mol. The fraction of sp³-hybridized carbons (Fsp3) is 0.478. The number of aryl methyl sites for hydroxylation is 1. The summed E-state index contributed by atoms with van der Waals surface area (Å²) in [6.07, 6.45) is 3.64. The summed E-state index contributed by atoms with van der Waals surface area (Å²) in [5, 5.41) is 3.78. The molecule has 1 unspecified atom stereocenters. The van der Waals surface area contributed by atoms with Crippen LogP contribution in [-0.2, 0) is 9.84 Å². The molecule has 5 heteroatoms. The van der Waals surface area contributed by atoms with Crippen molar-refractivity contribution in [2.75, 3.05) is 12.9 Å². The molecule has 0 aliphatic carbocycles. The molecule has 28 heavy (non-hydrogen) atoms. The zero-order chi connectivity index (χ0) is 20.4. The van der Waals surface area contributed by atoms with Crippen molar-refractivity contribution in [3.05, 3.63) is 59.2 Å². The standard InChI is InChI=1S/C23H31NO3S/c1-5-7-13-23(6-2)16-28(25,26)21-14-17(3)20(27-4)15-19(21)22(24-23)18-11-9-8-10-12-18/h8-12,14-15,22,24H,5-7,13,16H2,1-4H3/t22-,23?/m1/s1.